The maximum absolute atomic E-state index is 16.1. The van der Waals surface area contributed by atoms with Gasteiger partial charge in [-0.05, 0) is 52.7 Å². The molecule has 1 aromatic carbocycles. The zero-order valence-corrected chi connectivity index (χ0v) is 24.5. The second-order valence-electron chi connectivity index (χ2n) is 10.8. The molecule has 0 unspecified atom stereocenters. The van der Waals surface area contributed by atoms with Gasteiger partial charge in [0.05, 0.1) is 19.0 Å². The zero-order valence-electron chi connectivity index (χ0n) is 23.6. The molecule has 228 valence electrons. The Hall–Kier alpha value is -3.36. The molecule has 2 aliphatic rings. The van der Waals surface area contributed by atoms with Crippen molar-refractivity contribution in [1.29, 1.82) is 0 Å². The lowest BCUT2D eigenvalue weighted by atomic mass is 9.98. The molecular formula is C26H35FN7O7P. The normalized spacial score (nSPS) is 26.2. The Bertz CT molecular complexity index is 1470. The number of nitrogen functional groups attached to an aromatic ring is 1. The van der Waals surface area contributed by atoms with Gasteiger partial charge in [-0.2, -0.15) is 15.1 Å². The van der Waals surface area contributed by atoms with Crippen LogP contribution in [0.2, 0.25) is 0 Å². The molecule has 3 aromatic rings. The van der Waals surface area contributed by atoms with Gasteiger partial charge in [0.15, 0.2) is 28.9 Å². The molecule has 0 radical (unpaired) electrons. The lowest BCUT2D eigenvalue weighted by Gasteiger charge is -2.25. The van der Waals surface area contributed by atoms with E-state index in [1.165, 1.54) is 24.7 Å². The van der Waals surface area contributed by atoms with E-state index in [0.29, 0.717) is 11.3 Å². The summed E-state index contributed by atoms with van der Waals surface area (Å²) in [5.41, 5.74) is 4.16. The molecule has 5 rings (SSSR count). The van der Waals surface area contributed by atoms with Crippen LogP contribution in [0.4, 0.5) is 16.2 Å². The van der Waals surface area contributed by atoms with Crippen LogP contribution in [-0.2, 0) is 23.4 Å². The lowest BCUT2D eigenvalue weighted by molar-refractivity contribution is -0.149. The number of benzene rings is 1. The number of aliphatic hydroxyl groups is 1. The SMILES string of the molecule is CC(C)OC(=O)[C@H](C)N[P@@](=O)(OC[C@H]1O[C@@H](n2cnc3c(NC4CC4)nc(N)nc32)[C@](C)(F)[C@@H]1O)Oc1ccccc1. The van der Waals surface area contributed by atoms with Gasteiger partial charge in [0.25, 0.3) is 0 Å². The predicted octanol–water partition coefficient (Wildman–Crippen LogP) is 3.10. The maximum Gasteiger partial charge on any atom is 0.459 e. The number of para-hydroxylation sites is 1. The van der Waals surface area contributed by atoms with Gasteiger partial charge in [-0.15, -0.1) is 0 Å². The van der Waals surface area contributed by atoms with Crippen molar-refractivity contribution in [2.75, 3.05) is 17.7 Å². The Morgan fingerprint density at radius 1 is 1.29 bits per heavy atom. The fourth-order valence-corrected chi connectivity index (χ4v) is 5.99. The van der Waals surface area contributed by atoms with E-state index < -0.39 is 56.6 Å². The number of carbonyl (C=O) groups excluding carboxylic acids is 1. The molecule has 6 atom stereocenters. The number of alkyl halides is 1. The molecule has 5 N–H and O–H groups in total. The molecule has 1 aliphatic carbocycles. The Labute approximate surface area is 241 Å². The second kappa shape index (κ2) is 11.7. The number of ether oxygens (including phenoxy) is 2. The van der Waals surface area contributed by atoms with Gasteiger partial charge in [-0.25, -0.2) is 13.9 Å². The number of anilines is 2. The molecule has 16 heteroatoms. The van der Waals surface area contributed by atoms with E-state index in [4.69, 9.17) is 24.3 Å². The molecule has 1 aliphatic heterocycles. The number of rotatable bonds is 12. The van der Waals surface area contributed by atoms with Crippen LogP contribution in [0.3, 0.4) is 0 Å². The molecule has 0 amide bonds. The van der Waals surface area contributed by atoms with Crippen LogP contribution in [0.1, 0.15) is 46.8 Å². The number of esters is 1. The first-order chi connectivity index (χ1) is 19.9. The zero-order chi connectivity index (χ0) is 30.2. The highest BCUT2D eigenvalue weighted by atomic mass is 31.2. The Morgan fingerprint density at radius 3 is 2.67 bits per heavy atom. The number of nitrogens with two attached hydrogens (primary N) is 1. The van der Waals surface area contributed by atoms with E-state index in [1.807, 2.05) is 0 Å². The summed E-state index contributed by atoms with van der Waals surface area (Å²) >= 11 is 0. The number of aliphatic hydroxyl groups excluding tert-OH is 1. The first kappa shape index (κ1) is 30.1. The number of halogens is 1. The number of nitrogens with zero attached hydrogens (tertiary/aromatic N) is 4. The van der Waals surface area contributed by atoms with Gasteiger partial charge in [-0.3, -0.25) is 13.9 Å². The van der Waals surface area contributed by atoms with Gasteiger partial charge in [-0.1, -0.05) is 18.2 Å². The van der Waals surface area contributed by atoms with Crippen molar-refractivity contribution in [2.45, 2.75) is 82.8 Å². The van der Waals surface area contributed by atoms with Crippen molar-refractivity contribution in [3.63, 3.8) is 0 Å². The smallest absolute Gasteiger partial charge is 0.459 e. The molecular weight excluding hydrogens is 572 g/mol. The van der Waals surface area contributed by atoms with Crippen LogP contribution >= 0.6 is 7.75 Å². The Morgan fingerprint density at radius 2 is 2.00 bits per heavy atom. The molecule has 42 heavy (non-hydrogen) atoms. The maximum atomic E-state index is 16.1. The largest absolute Gasteiger partial charge is 0.462 e. The first-order valence-electron chi connectivity index (χ1n) is 13.6. The highest BCUT2D eigenvalue weighted by Gasteiger charge is 2.56. The van der Waals surface area contributed by atoms with Gasteiger partial charge >= 0.3 is 13.7 Å². The minimum absolute atomic E-state index is 0.0402. The van der Waals surface area contributed by atoms with Crippen molar-refractivity contribution < 1.29 is 37.4 Å². The number of aromatic nitrogens is 4. The van der Waals surface area contributed by atoms with Crippen molar-refractivity contribution in [3.8, 4) is 5.75 Å². The highest BCUT2D eigenvalue weighted by Crippen LogP contribution is 2.48. The molecule has 1 saturated carbocycles. The standard InChI is InChI=1S/C26H35FN7O7P/c1-14(2)39-23(36)15(3)33-42(37,41-17-8-6-5-7-9-17)38-12-18-20(35)26(4,27)24(40-18)34-13-29-19-21(30-16-10-11-16)31-25(28)32-22(19)34/h5-9,13-16,18,20,24,35H,10-12H2,1-4H3,(H,33,37)(H3,28,30,31,32)/t15-,18+,20+,24+,26+,42+/m0/s1. The summed E-state index contributed by atoms with van der Waals surface area (Å²) in [6.07, 6.45) is -1.50. The van der Waals surface area contributed by atoms with Crippen molar-refractivity contribution in [1.82, 2.24) is 24.6 Å². The molecule has 3 heterocycles. The summed E-state index contributed by atoms with van der Waals surface area (Å²) in [7, 11) is -4.28. The van der Waals surface area contributed by atoms with Crippen LogP contribution < -0.4 is 20.7 Å². The van der Waals surface area contributed by atoms with E-state index >= 15 is 4.39 Å². The molecule has 0 bridgehead atoms. The fourth-order valence-electron chi connectivity index (χ4n) is 4.48. The highest BCUT2D eigenvalue weighted by molar-refractivity contribution is 7.52. The third-order valence-electron chi connectivity index (χ3n) is 6.76. The van der Waals surface area contributed by atoms with Gasteiger partial charge < -0.3 is 30.2 Å². The molecule has 1 saturated heterocycles. The summed E-state index contributed by atoms with van der Waals surface area (Å²) < 4.78 is 53.6. The minimum Gasteiger partial charge on any atom is -0.462 e. The minimum atomic E-state index is -4.28. The van der Waals surface area contributed by atoms with E-state index in [-0.39, 0.29) is 23.4 Å². The summed E-state index contributed by atoms with van der Waals surface area (Å²) in [4.78, 5) is 25.2. The number of carbonyl (C=O) groups is 1. The van der Waals surface area contributed by atoms with Crippen LogP contribution in [0, 0.1) is 0 Å². The number of imidazole rings is 1. The summed E-state index contributed by atoms with van der Waals surface area (Å²) in [5.74, 6) is -0.103. The number of fused-ring (bicyclic) bond motifs is 1. The average molecular weight is 608 g/mol. The number of hydrogen-bond donors (Lipinski definition) is 4. The van der Waals surface area contributed by atoms with E-state index in [1.54, 1.807) is 44.2 Å². The topological polar surface area (TPSA) is 185 Å². The number of hydrogen-bond acceptors (Lipinski definition) is 12. The van der Waals surface area contributed by atoms with Gasteiger partial charge in [0.1, 0.15) is 24.0 Å². The summed E-state index contributed by atoms with van der Waals surface area (Å²) in [6, 6.07) is 7.33. The van der Waals surface area contributed by atoms with Crippen LogP contribution in [0.25, 0.3) is 11.2 Å². The number of nitrogens with one attached hydrogen (secondary N) is 2. The van der Waals surface area contributed by atoms with Crippen molar-refractivity contribution in [2.24, 2.45) is 0 Å². The summed E-state index contributed by atoms with van der Waals surface area (Å²) in [6.45, 7) is 5.41. The van der Waals surface area contributed by atoms with Gasteiger partial charge in [0.2, 0.25) is 5.95 Å². The summed E-state index contributed by atoms with van der Waals surface area (Å²) in [5, 5.41) is 16.7. The van der Waals surface area contributed by atoms with Crippen LogP contribution in [0.15, 0.2) is 36.7 Å². The second-order valence-corrected chi connectivity index (χ2v) is 12.5. The third kappa shape index (κ3) is 6.50. The van der Waals surface area contributed by atoms with Crippen LogP contribution in [-0.4, -0.2) is 73.3 Å². The van der Waals surface area contributed by atoms with E-state index in [2.05, 4.69) is 25.4 Å². The average Bonchev–Trinajstić information content (AvgIpc) is 3.59. The van der Waals surface area contributed by atoms with Crippen molar-refractivity contribution in [3.05, 3.63) is 36.7 Å². The quantitative estimate of drug-likeness (QED) is 0.174. The lowest BCUT2D eigenvalue weighted by Crippen LogP contribution is -2.41. The van der Waals surface area contributed by atoms with Gasteiger partial charge in [0, 0.05) is 6.04 Å². The monoisotopic (exact) mass is 607 g/mol. The fraction of sp³-hybridized carbons (Fsp3) is 0.538. The van der Waals surface area contributed by atoms with E-state index in [9.17, 15) is 14.5 Å². The molecule has 14 nitrogen and oxygen atoms in total. The molecule has 2 fully saturated rings. The van der Waals surface area contributed by atoms with Crippen molar-refractivity contribution >= 4 is 36.6 Å². The molecule has 2 aromatic heterocycles. The third-order valence-corrected chi connectivity index (χ3v) is 8.41. The Kier molecular flexibility index (Phi) is 8.41. The van der Waals surface area contributed by atoms with E-state index in [0.717, 1.165) is 12.8 Å². The predicted molar refractivity (Wildman–Crippen MR) is 150 cm³/mol. The first-order valence-corrected chi connectivity index (χ1v) is 15.2. The molecule has 0 spiro atoms. The van der Waals surface area contributed by atoms with Crippen LogP contribution in [0.5, 0.6) is 5.75 Å². The Balaban J connectivity index is 1.36.